The van der Waals surface area contributed by atoms with Crippen molar-refractivity contribution >= 4 is 17.0 Å². The number of hydrogen-bond donors (Lipinski definition) is 1. The summed E-state index contributed by atoms with van der Waals surface area (Å²) < 4.78 is 5.11. The molecular formula is C13H16N2OS. The average molecular weight is 248 g/mol. The predicted octanol–water partition coefficient (Wildman–Crippen LogP) is 2.94. The minimum Gasteiger partial charge on any atom is -0.384 e. The standard InChI is InChI=1S/C13H16N2OS/c1-16-8-6-11-4-2-3-5-12(11)15-10-13-14-7-9-17-13/h2-5,7,9,15H,6,8,10H2,1H3. The third-order valence-corrected chi connectivity index (χ3v) is 3.29. The maximum Gasteiger partial charge on any atom is 0.112 e. The lowest BCUT2D eigenvalue weighted by atomic mass is 10.1. The van der Waals surface area contributed by atoms with Crippen molar-refractivity contribution in [2.24, 2.45) is 0 Å². The number of thiazole rings is 1. The monoisotopic (exact) mass is 248 g/mol. The molecule has 1 N–H and O–H groups in total. The molecule has 1 heterocycles. The van der Waals surface area contributed by atoms with Crippen molar-refractivity contribution in [3.05, 3.63) is 46.4 Å². The van der Waals surface area contributed by atoms with Gasteiger partial charge in [-0.15, -0.1) is 11.3 Å². The van der Waals surface area contributed by atoms with E-state index in [2.05, 4.69) is 28.5 Å². The lowest BCUT2D eigenvalue weighted by molar-refractivity contribution is 0.202. The van der Waals surface area contributed by atoms with E-state index in [1.807, 2.05) is 17.6 Å². The highest BCUT2D eigenvalue weighted by Crippen LogP contribution is 2.17. The molecule has 0 atom stereocenters. The molecule has 0 bridgehead atoms. The Bertz CT molecular complexity index is 442. The Balaban J connectivity index is 1.99. The van der Waals surface area contributed by atoms with Crippen LogP contribution in [0.1, 0.15) is 10.6 Å². The predicted molar refractivity (Wildman–Crippen MR) is 71.5 cm³/mol. The molecule has 4 heteroatoms. The van der Waals surface area contributed by atoms with E-state index in [0.717, 1.165) is 24.6 Å². The number of hydrogen-bond acceptors (Lipinski definition) is 4. The molecular weight excluding hydrogens is 232 g/mol. The average Bonchev–Trinajstić information content (AvgIpc) is 2.88. The number of aromatic nitrogens is 1. The van der Waals surface area contributed by atoms with Gasteiger partial charge in [0.2, 0.25) is 0 Å². The molecule has 3 nitrogen and oxygen atoms in total. The van der Waals surface area contributed by atoms with Crippen molar-refractivity contribution in [3.8, 4) is 0 Å². The third-order valence-electron chi connectivity index (χ3n) is 2.51. The van der Waals surface area contributed by atoms with Crippen molar-refractivity contribution in [3.63, 3.8) is 0 Å². The van der Waals surface area contributed by atoms with Crippen LogP contribution in [-0.4, -0.2) is 18.7 Å². The molecule has 1 aromatic heterocycles. The summed E-state index contributed by atoms with van der Waals surface area (Å²) in [6.45, 7) is 1.53. The second kappa shape index (κ2) is 6.37. The second-order valence-electron chi connectivity index (χ2n) is 3.68. The Morgan fingerprint density at radius 2 is 2.24 bits per heavy atom. The fourth-order valence-electron chi connectivity index (χ4n) is 1.63. The number of anilines is 1. The topological polar surface area (TPSA) is 34.1 Å². The highest BCUT2D eigenvalue weighted by atomic mass is 32.1. The van der Waals surface area contributed by atoms with E-state index in [-0.39, 0.29) is 0 Å². The van der Waals surface area contributed by atoms with Crippen LogP contribution in [0, 0.1) is 0 Å². The first-order valence-electron chi connectivity index (χ1n) is 5.59. The molecule has 90 valence electrons. The highest BCUT2D eigenvalue weighted by Gasteiger charge is 2.02. The maximum absolute atomic E-state index is 5.11. The molecule has 2 rings (SSSR count). The normalized spacial score (nSPS) is 10.4. The van der Waals surface area contributed by atoms with Gasteiger partial charge in [0.1, 0.15) is 5.01 Å². The van der Waals surface area contributed by atoms with Crippen LogP contribution in [0.3, 0.4) is 0 Å². The van der Waals surface area contributed by atoms with Gasteiger partial charge in [-0.3, -0.25) is 0 Å². The summed E-state index contributed by atoms with van der Waals surface area (Å²) in [7, 11) is 1.73. The van der Waals surface area contributed by atoms with Crippen LogP contribution >= 0.6 is 11.3 Å². The van der Waals surface area contributed by atoms with Gasteiger partial charge in [0.25, 0.3) is 0 Å². The molecule has 0 radical (unpaired) electrons. The Kier molecular flexibility index (Phi) is 4.53. The number of benzene rings is 1. The zero-order valence-corrected chi connectivity index (χ0v) is 10.7. The van der Waals surface area contributed by atoms with Crippen LogP contribution < -0.4 is 5.32 Å². The Morgan fingerprint density at radius 1 is 1.35 bits per heavy atom. The first-order valence-corrected chi connectivity index (χ1v) is 6.47. The molecule has 0 aliphatic heterocycles. The molecule has 0 saturated carbocycles. The van der Waals surface area contributed by atoms with Crippen molar-refractivity contribution in [2.75, 3.05) is 19.0 Å². The molecule has 0 amide bonds. The molecule has 1 aromatic carbocycles. The minimum absolute atomic E-state index is 0.746. The first-order chi connectivity index (χ1) is 8.40. The Hall–Kier alpha value is -1.39. The van der Waals surface area contributed by atoms with Crippen molar-refractivity contribution in [1.29, 1.82) is 0 Å². The number of para-hydroxylation sites is 1. The van der Waals surface area contributed by atoms with Crippen LogP contribution in [-0.2, 0) is 17.7 Å². The van der Waals surface area contributed by atoms with Gasteiger partial charge in [-0.2, -0.15) is 0 Å². The van der Waals surface area contributed by atoms with Gasteiger partial charge in [0.15, 0.2) is 0 Å². The quantitative estimate of drug-likeness (QED) is 0.853. The van der Waals surface area contributed by atoms with Crippen LogP contribution in [0.25, 0.3) is 0 Å². The SMILES string of the molecule is COCCc1ccccc1NCc1nccs1. The summed E-state index contributed by atoms with van der Waals surface area (Å²) in [5, 5.41) is 6.51. The molecule has 2 aromatic rings. The maximum atomic E-state index is 5.11. The zero-order chi connectivity index (χ0) is 11.9. The van der Waals surface area contributed by atoms with Crippen molar-refractivity contribution in [2.45, 2.75) is 13.0 Å². The molecule has 0 fully saturated rings. The molecule has 0 saturated heterocycles. The Morgan fingerprint density at radius 3 is 3.00 bits per heavy atom. The van der Waals surface area contributed by atoms with Gasteiger partial charge in [-0.25, -0.2) is 4.98 Å². The fraction of sp³-hybridized carbons (Fsp3) is 0.308. The summed E-state index contributed by atoms with van der Waals surface area (Å²) in [5.41, 5.74) is 2.45. The van der Waals surface area contributed by atoms with Gasteiger partial charge >= 0.3 is 0 Å². The largest absolute Gasteiger partial charge is 0.384 e. The fourth-order valence-corrected chi connectivity index (χ4v) is 2.19. The lowest BCUT2D eigenvalue weighted by Crippen LogP contribution is -2.04. The van der Waals surface area contributed by atoms with Gasteiger partial charge in [-0.05, 0) is 18.1 Å². The number of ether oxygens (including phenoxy) is 1. The van der Waals surface area contributed by atoms with E-state index in [9.17, 15) is 0 Å². The molecule has 17 heavy (non-hydrogen) atoms. The summed E-state index contributed by atoms with van der Waals surface area (Å²) in [6, 6.07) is 8.32. The van der Waals surface area contributed by atoms with Crippen molar-refractivity contribution < 1.29 is 4.74 Å². The van der Waals surface area contributed by atoms with E-state index in [0.29, 0.717) is 0 Å². The van der Waals surface area contributed by atoms with Crippen LogP contribution in [0.5, 0.6) is 0 Å². The number of nitrogens with zero attached hydrogens (tertiary/aromatic N) is 1. The molecule has 0 aliphatic carbocycles. The van der Waals surface area contributed by atoms with E-state index in [4.69, 9.17) is 4.74 Å². The first kappa shape index (κ1) is 12.1. The number of nitrogens with one attached hydrogen (secondary N) is 1. The van der Waals surface area contributed by atoms with Crippen LogP contribution in [0.2, 0.25) is 0 Å². The third kappa shape index (κ3) is 3.54. The summed E-state index contributed by atoms with van der Waals surface area (Å²) in [5.74, 6) is 0. The summed E-state index contributed by atoms with van der Waals surface area (Å²) >= 11 is 1.67. The van der Waals surface area contributed by atoms with E-state index in [1.54, 1.807) is 18.4 Å². The summed E-state index contributed by atoms with van der Waals surface area (Å²) in [6.07, 6.45) is 2.76. The van der Waals surface area contributed by atoms with Crippen LogP contribution in [0.15, 0.2) is 35.8 Å². The van der Waals surface area contributed by atoms with Gasteiger partial charge < -0.3 is 10.1 Å². The zero-order valence-electron chi connectivity index (χ0n) is 9.85. The second-order valence-corrected chi connectivity index (χ2v) is 4.66. The number of methoxy groups -OCH3 is 1. The molecule has 0 aliphatic rings. The summed E-state index contributed by atoms with van der Waals surface area (Å²) in [4.78, 5) is 4.25. The van der Waals surface area contributed by atoms with E-state index in [1.165, 1.54) is 11.3 Å². The van der Waals surface area contributed by atoms with E-state index < -0.39 is 0 Å². The smallest absolute Gasteiger partial charge is 0.112 e. The minimum atomic E-state index is 0.746. The van der Waals surface area contributed by atoms with Crippen molar-refractivity contribution in [1.82, 2.24) is 4.98 Å². The number of rotatable bonds is 6. The highest BCUT2D eigenvalue weighted by molar-refractivity contribution is 7.09. The molecule has 0 unspecified atom stereocenters. The van der Waals surface area contributed by atoms with Gasteiger partial charge in [0, 0.05) is 24.4 Å². The van der Waals surface area contributed by atoms with E-state index >= 15 is 0 Å². The Labute approximate surface area is 105 Å². The molecule has 0 spiro atoms. The van der Waals surface area contributed by atoms with Gasteiger partial charge in [-0.1, -0.05) is 18.2 Å². The lowest BCUT2D eigenvalue weighted by Gasteiger charge is -2.10. The van der Waals surface area contributed by atoms with Crippen LogP contribution in [0.4, 0.5) is 5.69 Å². The van der Waals surface area contributed by atoms with Gasteiger partial charge in [0.05, 0.1) is 13.2 Å².